The van der Waals surface area contributed by atoms with Gasteiger partial charge in [0.15, 0.2) is 0 Å². The molecule has 4 heteroatoms. The molecule has 1 N–H and O–H groups in total. The van der Waals surface area contributed by atoms with Crippen molar-refractivity contribution < 1.29 is 5.11 Å². The van der Waals surface area contributed by atoms with Gasteiger partial charge in [0, 0.05) is 22.9 Å². The molecule has 0 spiro atoms. The van der Waals surface area contributed by atoms with E-state index in [1.54, 1.807) is 17.5 Å². The minimum absolute atomic E-state index is 0.514. The molecule has 3 aromatic rings. The molecule has 3 nitrogen and oxygen atoms in total. The molecule has 1 aromatic carbocycles. The first-order valence-corrected chi connectivity index (χ1v) is 7.41. The maximum Gasteiger partial charge on any atom is 0.103 e. The van der Waals surface area contributed by atoms with Crippen LogP contribution in [-0.4, -0.2) is 15.1 Å². The Hall–Kier alpha value is -1.78. The van der Waals surface area contributed by atoms with Crippen molar-refractivity contribution in [2.45, 2.75) is 26.4 Å². The summed E-state index contributed by atoms with van der Waals surface area (Å²) < 4.78 is 0. The molecule has 0 saturated heterocycles. The van der Waals surface area contributed by atoms with Crippen molar-refractivity contribution in [2.24, 2.45) is 0 Å². The quantitative estimate of drug-likeness (QED) is 0.799. The molecular weight excluding hydrogens is 268 g/mol. The van der Waals surface area contributed by atoms with Gasteiger partial charge >= 0.3 is 0 Å². The molecule has 0 aliphatic heterocycles. The average molecular weight is 284 g/mol. The van der Waals surface area contributed by atoms with Gasteiger partial charge in [-0.15, -0.1) is 11.3 Å². The highest BCUT2D eigenvalue weighted by atomic mass is 32.1. The van der Waals surface area contributed by atoms with E-state index in [-0.39, 0.29) is 0 Å². The lowest BCUT2D eigenvalue weighted by Crippen LogP contribution is -2.04. The van der Waals surface area contributed by atoms with Gasteiger partial charge in [0.2, 0.25) is 0 Å². The maximum atomic E-state index is 10.5. The standard InChI is InChI=1S/C16H16N2OS/c1-10-11(2)20-15(18-10)9-14(19)16-13-6-4-3-5-12(13)7-8-17-16/h3-8,14,19H,9H2,1-2H3. The summed E-state index contributed by atoms with van der Waals surface area (Å²) in [6.07, 6.45) is 1.64. The Balaban J connectivity index is 1.94. The molecular formula is C16H16N2OS. The summed E-state index contributed by atoms with van der Waals surface area (Å²) >= 11 is 1.64. The number of aromatic nitrogens is 2. The van der Waals surface area contributed by atoms with Crippen molar-refractivity contribution in [3.63, 3.8) is 0 Å². The van der Waals surface area contributed by atoms with Crippen molar-refractivity contribution in [3.05, 3.63) is 57.8 Å². The topological polar surface area (TPSA) is 46.0 Å². The summed E-state index contributed by atoms with van der Waals surface area (Å²) in [6, 6.07) is 9.96. The summed E-state index contributed by atoms with van der Waals surface area (Å²) in [5.41, 5.74) is 1.77. The van der Waals surface area contributed by atoms with Crippen LogP contribution in [0, 0.1) is 13.8 Å². The fraction of sp³-hybridized carbons (Fsp3) is 0.250. The van der Waals surface area contributed by atoms with Crippen molar-refractivity contribution in [3.8, 4) is 0 Å². The van der Waals surface area contributed by atoms with Gasteiger partial charge in [0.25, 0.3) is 0 Å². The Morgan fingerprint density at radius 1 is 1.20 bits per heavy atom. The monoisotopic (exact) mass is 284 g/mol. The highest BCUT2D eigenvalue weighted by molar-refractivity contribution is 7.11. The highest BCUT2D eigenvalue weighted by Gasteiger charge is 2.16. The minimum Gasteiger partial charge on any atom is -0.386 e. The van der Waals surface area contributed by atoms with Gasteiger partial charge in [-0.05, 0) is 25.3 Å². The number of pyridine rings is 1. The number of fused-ring (bicyclic) bond motifs is 1. The molecule has 2 aromatic heterocycles. The first-order chi connectivity index (χ1) is 9.65. The third-order valence-electron chi connectivity index (χ3n) is 3.46. The Bertz CT molecular complexity index is 726. The Morgan fingerprint density at radius 2 is 2.00 bits per heavy atom. The number of aryl methyl sites for hydroxylation is 2. The Kier molecular flexibility index (Phi) is 3.51. The number of nitrogens with zero attached hydrogens (tertiary/aromatic N) is 2. The normalized spacial score (nSPS) is 12.8. The van der Waals surface area contributed by atoms with Crippen molar-refractivity contribution in [1.29, 1.82) is 0 Å². The summed E-state index contributed by atoms with van der Waals surface area (Å²) in [5, 5.41) is 13.5. The zero-order chi connectivity index (χ0) is 14.1. The molecule has 0 radical (unpaired) electrons. The predicted octanol–water partition coefficient (Wildman–Crippen LogP) is 3.58. The van der Waals surface area contributed by atoms with Crippen LogP contribution in [-0.2, 0) is 6.42 Å². The summed E-state index contributed by atoms with van der Waals surface area (Å²) in [5.74, 6) is 0. The van der Waals surface area contributed by atoms with Crippen LogP contribution in [0.25, 0.3) is 10.8 Å². The third kappa shape index (κ3) is 2.44. The van der Waals surface area contributed by atoms with Crippen LogP contribution in [0.5, 0.6) is 0 Å². The summed E-state index contributed by atoms with van der Waals surface area (Å²) in [6.45, 7) is 4.05. The number of aliphatic hydroxyl groups is 1. The third-order valence-corrected chi connectivity index (χ3v) is 4.56. The fourth-order valence-corrected chi connectivity index (χ4v) is 3.27. The van der Waals surface area contributed by atoms with Crippen LogP contribution < -0.4 is 0 Å². The van der Waals surface area contributed by atoms with Gasteiger partial charge in [-0.25, -0.2) is 4.98 Å². The molecule has 0 bridgehead atoms. The first-order valence-electron chi connectivity index (χ1n) is 6.60. The van der Waals surface area contributed by atoms with E-state index >= 15 is 0 Å². The number of rotatable bonds is 3. The van der Waals surface area contributed by atoms with Gasteiger partial charge in [-0.2, -0.15) is 0 Å². The molecule has 0 fully saturated rings. The van der Waals surface area contributed by atoms with Crippen molar-refractivity contribution in [1.82, 2.24) is 9.97 Å². The smallest absolute Gasteiger partial charge is 0.103 e. The lowest BCUT2D eigenvalue weighted by atomic mass is 10.0. The SMILES string of the molecule is Cc1nc(CC(O)c2nccc3ccccc23)sc1C. The molecule has 1 atom stereocenters. The minimum atomic E-state index is -0.619. The lowest BCUT2D eigenvalue weighted by Gasteiger charge is -2.11. The van der Waals surface area contributed by atoms with Crippen LogP contribution in [0.15, 0.2) is 36.5 Å². The first kappa shape index (κ1) is 13.2. The molecule has 0 aliphatic rings. The van der Waals surface area contributed by atoms with Crippen molar-refractivity contribution >= 4 is 22.1 Å². The Morgan fingerprint density at radius 3 is 2.75 bits per heavy atom. The Labute approximate surface area is 122 Å². The van der Waals surface area contributed by atoms with Crippen LogP contribution in [0.4, 0.5) is 0 Å². The number of benzene rings is 1. The van der Waals surface area contributed by atoms with Gasteiger partial charge in [0.1, 0.15) is 6.10 Å². The zero-order valence-electron chi connectivity index (χ0n) is 11.5. The lowest BCUT2D eigenvalue weighted by molar-refractivity contribution is 0.175. The van der Waals surface area contributed by atoms with Crippen LogP contribution in [0.2, 0.25) is 0 Å². The number of thiazole rings is 1. The number of hydrogen-bond acceptors (Lipinski definition) is 4. The van der Waals surface area contributed by atoms with E-state index in [2.05, 4.69) is 16.9 Å². The molecule has 0 aliphatic carbocycles. The van der Waals surface area contributed by atoms with E-state index in [9.17, 15) is 5.11 Å². The zero-order valence-corrected chi connectivity index (χ0v) is 12.3. The molecule has 102 valence electrons. The molecule has 2 heterocycles. The summed E-state index contributed by atoms with van der Waals surface area (Å²) in [4.78, 5) is 10.1. The van der Waals surface area contributed by atoms with E-state index in [4.69, 9.17) is 0 Å². The second-order valence-corrected chi connectivity index (χ2v) is 6.17. The van der Waals surface area contributed by atoms with Crippen LogP contribution in [0.1, 0.15) is 27.4 Å². The van der Waals surface area contributed by atoms with Gasteiger partial charge in [0.05, 0.1) is 16.4 Å². The highest BCUT2D eigenvalue weighted by Crippen LogP contribution is 2.26. The molecule has 3 rings (SSSR count). The number of hydrogen-bond donors (Lipinski definition) is 1. The van der Waals surface area contributed by atoms with Crippen LogP contribution >= 0.6 is 11.3 Å². The predicted molar refractivity (Wildman–Crippen MR) is 82.0 cm³/mol. The van der Waals surface area contributed by atoms with E-state index in [0.717, 1.165) is 27.2 Å². The number of aliphatic hydroxyl groups excluding tert-OH is 1. The molecule has 0 saturated carbocycles. The van der Waals surface area contributed by atoms with Crippen molar-refractivity contribution in [2.75, 3.05) is 0 Å². The van der Waals surface area contributed by atoms with Gasteiger partial charge < -0.3 is 5.11 Å². The summed E-state index contributed by atoms with van der Waals surface area (Å²) in [7, 11) is 0. The van der Waals surface area contributed by atoms with E-state index < -0.39 is 6.10 Å². The van der Waals surface area contributed by atoms with Gasteiger partial charge in [-0.3, -0.25) is 4.98 Å². The maximum absolute atomic E-state index is 10.5. The van der Waals surface area contributed by atoms with E-state index in [0.29, 0.717) is 6.42 Å². The van der Waals surface area contributed by atoms with E-state index in [1.165, 1.54) is 4.88 Å². The molecule has 20 heavy (non-hydrogen) atoms. The fourth-order valence-electron chi connectivity index (χ4n) is 2.30. The molecule has 1 unspecified atom stereocenters. The average Bonchev–Trinajstić information content (AvgIpc) is 2.76. The second kappa shape index (κ2) is 5.31. The second-order valence-electron chi connectivity index (χ2n) is 4.89. The molecule has 0 amide bonds. The van der Waals surface area contributed by atoms with Gasteiger partial charge in [-0.1, -0.05) is 24.3 Å². The van der Waals surface area contributed by atoms with E-state index in [1.807, 2.05) is 37.3 Å². The van der Waals surface area contributed by atoms with Crippen LogP contribution in [0.3, 0.4) is 0 Å². The largest absolute Gasteiger partial charge is 0.386 e.